The lowest BCUT2D eigenvalue weighted by Crippen LogP contribution is -2.11. The molecule has 0 spiro atoms. The van der Waals surface area contributed by atoms with Gasteiger partial charge in [0, 0.05) is 55.6 Å². The zero-order chi connectivity index (χ0) is 42.1. The number of nitrogens with zero attached hydrogens (tertiary/aromatic N) is 2. The highest BCUT2D eigenvalue weighted by Gasteiger charge is 2.24. The predicted octanol–water partition coefficient (Wildman–Crippen LogP) is 17.1. The number of hydrogen-bond acceptors (Lipinski definition) is 3. The molecule has 0 fully saturated rings. The Bertz CT molecular complexity index is 3840. The number of hydrogen-bond donors (Lipinski definition) is 0. The molecule has 3 heterocycles. The fourth-order valence-electron chi connectivity index (χ4n) is 9.82. The highest BCUT2D eigenvalue weighted by atomic mass is 16.3. The second-order valence-electron chi connectivity index (χ2n) is 16.5. The molecule has 0 radical (unpaired) electrons. The standard InChI is InChI=1S/C60H38N2O2/c1-4-15-39(16-5-1)42-27-30-50-51-32-29-46(38-58(51)63-56(50)35-42)61(44-21-14-22-45(37-44)62-53-25-12-10-23-48(53)49-24-11-13-26-54(49)62)55-34-33-47(41-19-8-3-9-20-41)60-59(55)52-31-28-43(36-57(52)64-60)40-17-6-2-7-18-40/h1-38H. The lowest BCUT2D eigenvalue weighted by molar-refractivity contribution is 0.669. The third-order valence-electron chi connectivity index (χ3n) is 12.8. The highest BCUT2D eigenvalue weighted by Crippen LogP contribution is 2.48. The van der Waals surface area contributed by atoms with Crippen molar-refractivity contribution in [3.63, 3.8) is 0 Å². The van der Waals surface area contributed by atoms with Gasteiger partial charge in [-0.2, -0.15) is 0 Å². The van der Waals surface area contributed by atoms with E-state index in [9.17, 15) is 0 Å². The van der Waals surface area contributed by atoms with Crippen molar-refractivity contribution in [2.45, 2.75) is 0 Å². The third kappa shape index (κ3) is 5.77. The quantitative estimate of drug-likeness (QED) is 0.161. The van der Waals surface area contributed by atoms with E-state index in [-0.39, 0.29) is 0 Å². The van der Waals surface area contributed by atoms with Gasteiger partial charge in [-0.25, -0.2) is 0 Å². The number of anilines is 3. The van der Waals surface area contributed by atoms with Gasteiger partial charge in [0.1, 0.15) is 22.3 Å². The number of aromatic nitrogens is 1. The van der Waals surface area contributed by atoms with Gasteiger partial charge in [-0.1, -0.05) is 146 Å². The van der Waals surface area contributed by atoms with Gasteiger partial charge in [0.15, 0.2) is 0 Å². The van der Waals surface area contributed by atoms with E-state index >= 15 is 0 Å². The largest absolute Gasteiger partial charge is 0.456 e. The number of furan rings is 2. The van der Waals surface area contributed by atoms with Crippen LogP contribution < -0.4 is 4.90 Å². The van der Waals surface area contributed by atoms with Crippen LogP contribution in [0.5, 0.6) is 0 Å². The Morgan fingerprint density at radius 1 is 0.328 bits per heavy atom. The minimum absolute atomic E-state index is 0.822. The lowest BCUT2D eigenvalue weighted by Gasteiger charge is -2.27. The molecule has 0 bridgehead atoms. The van der Waals surface area contributed by atoms with Gasteiger partial charge in [0.2, 0.25) is 0 Å². The molecule has 0 aliphatic heterocycles. The first-order valence-electron chi connectivity index (χ1n) is 21.7. The fraction of sp³-hybridized carbons (Fsp3) is 0. The van der Waals surface area contributed by atoms with Crippen molar-refractivity contribution in [2.75, 3.05) is 4.90 Å². The lowest BCUT2D eigenvalue weighted by atomic mass is 9.98. The number of fused-ring (bicyclic) bond motifs is 9. The molecule has 4 heteroatoms. The maximum Gasteiger partial charge on any atom is 0.145 e. The summed E-state index contributed by atoms with van der Waals surface area (Å²) in [6.07, 6.45) is 0. The van der Waals surface area contributed by atoms with Gasteiger partial charge in [-0.15, -0.1) is 0 Å². The summed E-state index contributed by atoms with van der Waals surface area (Å²) < 4.78 is 16.2. The van der Waals surface area contributed by atoms with Crippen LogP contribution >= 0.6 is 0 Å². The maximum atomic E-state index is 7.05. The summed E-state index contributed by atoms with van der Waals surface area (Å²) in [5.41, 5.74) is 16.4. The zero-order valence-corrected chi connectivity index (χ0v) is 34.7. The van der Waals surface area contributed by atoms with Crippen molar-refractivity contribution >= 4 is 82.7 Å². The molecule has 0 atom stereocenters. The van der Waals surface area contributed by atoms with Gasteiger partial charge in [0.05, 0.1) is 22.1 Å². The molecule has 10 aromatic carbocycles. The molecule has 0 saturated carbocycles. The zero-order valence-electron chi connectivity index (χ0n) is 34.7. The Kier molecular flexibility index (Phi) is 8.18. The van der Waals surface area contributed by atoms with E-state index in [0.29, 0.717) is 0 Å². The summed E-state index contributed by atoms with van der Waals surface area (Å²) in [5.74, 6) is 0. The molecule has 3 aromatic heterocycles. The van der Waals surface area contributed by atoms with Crippen LogP contribution in [0.4, 0.5) is 17.1 Å². The van der Waals surface area contributed by atoms with Crippen molar-refractivity contribution in [3.05, 3.63) is 231 Å². The van der Waals surface area contributed by atoms with Crippen LogP contribution in [0.3, 0.4) is 0 Å². The van der Waals surface area contributed by atoms with E-state index in [1.165, 1.54) is 10.8 Å². The van der Waals surface area contributed by atoms with E-state index in [2.05, 4.69) is 234 Å². The van der Waals surface area contributed by atoms with Gasteiger partial charge >= 0.3 is 0 Å². The van der Waals surface area contributed by atoms with Gasteiger partial charge in [-0.05, 0) is 107 Å². The van der Waals surface area contributed by atoms with Gasteiger partial charge < -0.3 is 18.3 Å². The first-order chi connectivity index (χ1) is 31.7. The smallest absolute Gasteiger partial charge is 0.145 e. The van der Waals surface area contributed by atoms with E-state index in [1.807, 2.05) is 6.07 Å². The predicted molar refractivity (Wildman–Crippen MR) is 266 cm³/mol. The van der Waals surface area contributed by atoms with Crippen LogP contribution in [-0.2, 0) is 0 Å². The Hall–Kier alpha value is -8.60. The van der Waals surface area contributed by atoms with Crippen molar-refractivity contribution < 1.29 is 8.83 Å². The summed E-state index contributed by atoms with van der Waals surface area (Å²) in [6, 6.07) is 82.0. The van der Waals surface area contributed by atoms with Crippen molar-refractivity contribution in [1.29, 1.82) is 0 Å². The molecule has 0 amide bonds. The molecular weight excluding hydrogens is 781 g/mol. The minimum Gasteiger partial charge on any atom is -0.456 e. The van der Waals surface area contributed by atoms with Crippen LogP contribution in [0.1, 0.15) is 0 Å². The first kappa shape index (κ1) is 36.1. The van der Waals surface area contributed by atoms with Crippen molar-refractivity contribution in [2.24, 2.45) is 0 Å². The maximum absolute atomic E-state index is 7.05. The van der Waals surface area contributed by atoms with E-state index in [4.69, 9.17) is 8.83 Å². The molecular formula is C60H38N2O2. The average molecular weight is 819 g/mol. The van der Waals surface area contributed by atoms with Gasteiger partial charge in [0.25, 0.3) is 0 Å². The Morgan fingerprint density at radius 3 is 1.52 bits per heavy atom. The number of para-hydroxylation sites is 2. The molecule has 0 aliphatic rings. The monoisotopic (exact) mass is 818 g/mol. The van der Waals surface area contributed by atoms with Crippen LogP contribution in [-0.4, -0.2) is 4.57 Å². The first-order valence-corrected chi connectivity index (χ1v) is 21.7. The summed E-state index contributed by atoms with van der Waals surface area (Å²) in [7, 11) is 0. The number of benzene rings is 10. The Labute approximate surface area is 369 Å². The summed E-state index contributed by atoms with van der Waals surface area (Å²) in [6.45, 7) is 0. The van der Waals surface area contributed by atoms with E-state index in [0.717, 1.165) is 111 Å². The molecule has 13 rings (SSSR count). The third-order valence-corrected chi connectivity index (χ3v) is 12.8. The van der Waals surface area contributed by atoms with Crippen molar-refractivity contribution in [1.82, 2.24) is 4.57 Å². The normalized spacial score (nSPS) is 11.8. The van der Waals surface area contributed by atoms with E-state index < -0.39 is 0 Å². The van der Waals surface area contributed by atoms with E-state index in [1.54, 1.807) is 0 Å². The number of rotatable bonds is 7. The average Bonchev–Trinajstić information content (AvgIpc) is 4.04. The van der Waals surface area contributed by atoms with Crippen molar-refractivity contribution in [3.8, 4) is 39.1 Å². The molecule has 64 heavy (non-hydrogen) atoms. The molecule has 0 N–H and O–H groups in total. The summed E-state index contributed by atoms with van der Waals surface area (Å²) in [4.78, 5) is 2.37. The van der Waals surface area contributed by atoms with Crippen LogP contribution in [0.2, 0.25) is 0 Å². The summed E-state index contributed by atoms with van der Waals surface area (Å²) in [5, 5.41) is 6.70. The Morgan fingerprint density at radius 2 is 0.859 bits per heavy atom. The second kappa shape index (κ2) is 14.5. The topological polar surface area (TPSA) is 34.5 Å². The van der Waals surface area contributed by atoms with Crippen LogP contribution in [0, 0.1) is 0 Å². The molecule has 13 aromatic rings. The minimum atomic E-state index is 0.822. The van der Waals surface area contributed by atoms with Gasteiger partial charge in [-0.3, -0.25) is 0 Å². The molecule has 0 unspecified atom stereocenters. The molecule has 300 valence electrons. The highest BCUT2D eigenvalue weighted by molar-refractivity contribution is 6.18. The fourth-order valence-corrected chi connectivity index (χ4v) is 9.82. The molecule has 4 nitrogen and oxygen atoms in total. The molecule has 0 saturated heterocycles. The van der Waals surface area contributed by atoms with Crippen LogP contribution in [0.15, 0.2) is 239 Å². The SMILES string of the molecule is c1ccc(-c2ccc3c(c2)oc2cc(N(c4cccc(-n5c6ccccc6c6ccccc65)c4)c4ccc(-c5ccccc5)c5oc6cc(-c7ccccc7)ccc6c45)ccc23)cc1. The molecule has 0 aliphatic carbocycles. The van der Waals surface area contributed by atoms with Crippen LogP contribution in [0.25, 0.3) is 105 Å². The second-order valence-corrected chi connectivity index (χ2v) is 16.5. The Balaban J connectivity index is 1.07. The summed E-state index contributed by atoms with van der Waals surface area (Å²) >= 11 is 0.